The second-order valence-corrected chi connectivity index (χ2v) is 6.56. The van der Waals surface area contributed by atoms with Crippen molar-refractivity contribution >= 4 is 5.69 Å². The molecule has 1 saturated heterocycles. The van der Waals surface area contributed by atoms with Gasteiger partial charge in [-0.15, -0.1) is 0 Å². The Morgan fingerprint density at radius 3 is 3.00 bits per heavy atom. The maximum Gasteiger partial charge on any atom is 0.121 e. The van der Waals surface area contributed by atoms with E-state index in [0.717, 1.165) is 24.5 Å². The van der Waals surface area contributed by atoms with Crippen molar-refractivity contribution in [2.24, 2.45) is 11.3 Å². The average molecular weight is 291 g/mol. The van der Waals surface area contributed by atoms with Crippen molar-refractivity contribution in [2.45, 2.75) is 32.4 Å². The third-order valence-corrected chi connectivity index (χ3v) is 4.81. The Morgan fingerprint density at radius 1 is 1.33 bits per heavy atom. The second kappa shape index (κ2) is 5.85. The van der Waals surface area contributed by atoms with Crippen molar-refractivity contribution < 1.29 is 14.2 Å². The number of ether oxygens (including phenoxy) is 3. The zero-order valence-electron chi connectivity index (χ0n) is 13.1. The standard InChI is InChI=1S/C17H25NO3/c1-17(2)15(14-7-8-21-16(14)17)18-12-5-4-6-13(11-12)20-10-9-19-3/h4-6,11,14-16,18H,7-10H2,1-3H3. The van der Waals surface area contributed by atoms with Crippen LogP contribution in [0.25, 0.3) is 0 Å². The number of hydrogen-bond donors (Lipinski definition) is 1. The average Bonchev–Trinajstić information content (AvgIpc) is 2.93. The van der Waals surface area contributed by atoms with E-state index in [1.165, 1.54) is 0 Å². The van der Waals surface area contributed by atoms with Gasteiger partial charge in [0, 0.05) is 42.8 Å². The van der Waals surface area contributed by atoms with Gasteiger partial charge in [-0.2, -0.15) is 0 Å². The van der Waals surface area contributed by atoms with Crippen LogP contribution in [0.15, 0.2) is 24.3 Å². The monoisotopic (exact) mass is 291 g/mol. The zero-order chi connectivity index (χ0) is 14.9. The molecule has 0 spiro atoms. The van der Waals surface area contributed by atoms with Gasteiger partial charge >= 0.3 is 0 Å². The van der Waals surface area contributed by atoms with Crippen LogP contribution < -0.4 is 10.1 Å². The molecule has 21 heavy (non-hydrogen) atoms. The van der Waals surface area contributed by atoms with Gasteiger partial charge in [0.15, 0.2) is 0 Å². The number of nitrogens with one attached hydrogen (secondary N) is 1. The summed E-state index contributed by atoms with van der Waals surface area (Å²) in [5.74, 6) is 1.52. The minimum Gasteiger partial charge on any atom is -0.491 e. The van der Waals surface area contributed by atoms with E-state index in [9.17, 15) is 0 Å². The summed E-state index contributed by atoms with van der Waals surface area (Å²) in [6.45, 7) is 6.66. The first-order valence-electron chi connectivity index (χ1n) is 7.73. The molecule has 0 aromatic heterocycles. The highest BCUT2D eigenvalue weighted by molar-refractivity contribution is 5.50. The van der Waals surface area contributed by atoms with Crippen molar-refractivity contribution in [2.75, 3.05) is 32.2 Å². The van der Waals surface area contributed by atoms with Crippen LogP contribution in [0.5, 0.6) is 5.75 Å². The topological polar surface area (TPSA) is 39.7 Å². The lowest BCUT2D eigenvalue weighted by atomic mass is 9.57. The van der Waals surface area contributed by atoms with E-state index in [1.54, 1.807) is 7.11 Å². The molecule has 1 aliphatic heterocycles. The van der Waals surface area contributed by atoms with Crippen LogP contribution >= 0.6 is 0 Å². The molecule has 1 N–H and O–H groups in total. The molecule has 1 aromatic carbocycles. The molecule has 3 unspecified atom stereocenters. The fourth-order valence-corrected chi connectivity index (χ4v) is 3.72. The third-order valence-electron chi connectivity index (χ3n) is 4.81. The van der Waals surface area contributed by atoms with Gasteiger partial charge in [-0.25, -0.2) is 0 Å². The lowest BCUT2D eigenvalue weighted by Gasteiger charge is -2.55. The Morgan fingerprint density at radius 2 is 2.19 bits per heavy atom. The minimum absolute atomic E-state index is 0.189. The fourth-order valence-electron chi connectivity index (χ4n) is 3.72. The van der Waals surface area contributed by atoms with Crippen LogP contribution in [0.2, 0.25) is 0 Å². The van der Waals surface area contributed by atoms with Crippen molar-refractivity contribution in [1.82, 2.24) is 0 Å². The molecule has 3 rings (SSSR count). The SMILES string of the molecule is COCCOc1cccc(NC2C3CCOC3C2(C)C)c1. The lowest BCUT2D eigenvalue weighted by molar-refractivity contribution is -0.0923. The molecule has 116 valence electrons. The second-order valence-electron chi connectivity index (χ2n) is 6.56. The summed E-state index contributed by atoms with van der Waals surface area (Å²) in [4.78, 5) is 0. The smallest absolute Gasteiger partial charge is 0.121 e. The zero-order valence-corrected chi connectivity index (χ0v) is 13.1. The van der Waals surface area contributed by atoms with E-state index in [0.29, 0.717) is 31.3 Å². The molecular formula is C17H25NO3. The summed E-state index contributed by atoms with van der Waals surface area (Å²) in [5.41, 5.74) is 1.31. The van der Waals surface area contributed by atoms with Gasteiger partial charge in [-0.1, -0.05) is 19.9 Å². The Bertz CT molecular complexity index is 489. The summed E-state index contributed by atoms with van der Waals surface area (Å²) in [6.07, 6.45) is 1.58. The van der Waals surface area contributed by atoms with E-state index in [1.807, 2.05) is 12.1 Å². The van der Waals surface area contributed by atoms with Gasteiger partial charge in [0.05, 0.1) is 12.7 Å². The molecule has 1 saturated carbocycles. The number of benzene rings is 1. The summed E-state index contributed by atoms with van der Waals surface area (Å²) in [5, 5.41) is 3.68. The molecular weight excluding hydrogens is 266 g/mol. The number of fused-ring (bicyclic) bond motifs is 1. The van der Waals surface area contributed by atoms with Crippen molar-refractivity contribution in [1.29, 1.82) is 0 Å². The highest BCUT2D eigenvalue weighted by Crippen LogP contribution is 2.53. The Balaban J connectivity index is 1.63. The van der Waals surface area contributed by atoms with Gasteiger partial charge in [0.1, 0.15) is 12.4 Å². The first-order chi connectivity index (χ1) is 10.1. The first kappa shape index (κ1) is 14.7. The molecule has 1 aliphatic carbocycles. The van der Waals surface area contributed by atoms with E-state index < -0.39 is 0 Å². The predicted octanol–water partition coefficient (Wildman–Crippen LogP) is 2.94. The van der Waals surface area contributed by atoms with Crippen LogP contribution in [0.3, 0.4) is 0 Å². The summed E-state index contributed by atoms with van der Waals surface area (Å²) < 4.78 is 16.5. The largest absolute Gasteiger partial charge is 0.491 e. The fraction of sp³-hybridized carbons (Fsp3) is 0.647. The van der Waals surface area contributed by atoms with Crippen molar-refractivity contribution in [3.8, 4) is 5.75 Å². The van der Waals surface area contributed by atoms with Gasteiger partial charge in [0.25, 0.3) is 0 Å². The number of methoxy groups -OCH3 is 1. The maximum absolute atomic E-state index is 5.85. The maximum atomic E-state index is 5.85. The molecule has 3 atom stereocenters. The van der Waals surface area contributed by atoms with Crippen LogP contribution in [-0.2, 0) is 9.47 Å². The molecule has 1 heterocycles. The van der Waals surface area contributed by atoms with Gasteiger partial charge in [-0.05, 0) is 18.6 Å². The number of hydrogen-bond acceptors (Lipinski definition) is 4. The van der Waals surface area contributed by atoms with E-state index >= 15 is 0 Å². The summed E-state index contributed by atoms with van der Waals surface area (Å²) in [6, 6.07) is 8.64. The highest BCUT2D eigenvalue weighted by atomic mass is 16.5. The van der Waals surface area contributed by atoms with Crippen LogP contribution in [0.4, 0.5) is 5.69 Å². The summed E-state index contributed by atoms with van der Waals surface area (Å²) >= 11 is 0. The van der Waals surface area contributed by atoms with Gasteiger partial charge in [0.2, 0.25) is 0 Å². The summed E-state index contributed by atoms with van der Waals surface area (Å²) in [7, 11) is 1.68. The Hall–Kier alpha value is -1.26. The van der Waals surface area contributed by atoms with Crippen LogP contribution in [0, 0.1) is 11.3 Å². The first-order valence-corrected chi connectivity index (χ1v) is 7.73. The Kier molecular flexibility index (Phi) is 4.09. The van der Waals surface area contributed by atoms with E-state index in [4.69, 9.17) is 14.2 Å². The normalized spacial score (nSPS) is 29.6. The molecule has 0 radical (unpaired) electrons. The number of rotatable bonds is 6. The molecule has 1 aromatic rings. The molecule has 4 nitrogen and oxygen atoms in total. The lowest BCUT2D eigenvalue weighted by Crippen LogP contribution is -2.63. The predicted molar refractivity (Wildman–Crippen MR) is 82.9 cm³/mol. The third kappa shape index (κ3) is 2.74. The van der Waals surface area contributed by atoms with Crippen molar-refractivity contribution in [3.05, 3.63) is 24.3 Å². The number of anilines is 1. The molecule has 2 fully saturated rings. The molecule has 2 aliphatic rings. The minimum atomic E-state index is 0.189. The molecule has 4 heteroatoms. The highest BCUT2D eigenvalue weighted by Gasteiger charge is 2.59. The van der Waals surface area contributed by atoms with Crippen LogP contribution in [0.1, 0.15) is 20.3 Å². The molecule has 0 bridgehead atoms. The van der Waals surface area contributed by atoms with E-state index in [2.05, 4.69) is 31.3 Å². The Labute approximate surface area is 126 Å². The molecule has 0 amide bonds. The van der Waals surface area contributed by atoms with Crippen molar-refractivity contribution in [3.63, 3.8) is 0 Å². The van der Waals surface area contributed by atoms with Gasteiger partial charge < -0.3 is 19.5 Å². The van der Waals surface area contributed by atoms with E-state index in [-0.39, 0.29) is 5.41 Å². The quantitative estimate of drug-likeness (QED) is 0.818. The van der Waals surface area contributed by atoms with Crippen LogP contribution in [-0.4, -0.2) is 39.1 Å². The van der Waals surface area contributed by atoms with Gasteiger partial charge in [-0.3, -0.25) is 0 Å².